The molecule has 0 radical (unpaired) electrons. The Labute approximate surface area is 176 Å². The number of ketones is 1. The van der Waals surface area contributed by atoms with Crippen LogP contribution in [0, 0.1) is 5.92 Å². The van der Waals surface area contributed by atoms with Crippen molar-refractivity contribution >= 4 is 17.6 Å². The summed E-state index contributed by atoms with van der Waals surface area (Å²) in [7, 11) is 0. The normalized spacial score (nSPS) is 19.5. The molecule has 1 aromatic heterocycles. The molecule has 3 heterocycles. The lowest BCUT2D eigenvalue weighted by Gasteiger charge is -2.32. The zero-order valence-corrected chi connectivity index (χ0v) is 18.4. The van der Waals surface area contributed by atoms with Gasteiger partial charge in [-0.1, -0.05) is 20.8 Å². The lowest BCUT2D eigenvalue weighted by atomic mass is 9.98. The highest BCUT2D eigenvalue weighted by Crippen LogP contribution is 2.27. The molecule has 1 N–H and O–H groups in total. The molecular weight excluding hydrogens is 386 g/mol. The van der Waals surface area contributed by atoms with Crippen molar-refractivity contribution in [3.8, 4) is 0 Å². The number of carbonyl (C=O) groups excluding carboxylic acids is 3. The van der Waals surface area contributed by atoms with Crippen LogP contribution in [0.5, 0.6) is 0 Å². The monoisotopic (exact) mass is 417 g/mol. The summed E-state index contributed by atoms with van der Waals surface area (Å²) in [5.74, 6) is 1.32. The Hall–Kier alpha value is -2.71. The highest BCUT2D eigenvalue weighted by molar-refractivity contribution is 6.01. The Morgan fingerprint density at radius 3 is 2.60 bits per heavy atom. The maximum atomic E-state index is 13.0. The van der Waals surface area contributed by atoms with E-state index in [4.69, 9.17) is 4.74 Å². The topological polar surface area (TPSA) is 106 Å². The highest BCUT2D eigenvalue weighted by Gasteiger charge is 2.35. The minimum atomic E-state index is -0.686. The number of nitrogens with one attached hydrogen (secondary N) is 1. The molecule has 9 heteroatoms. The van der Waals surface area contributed by atoms with Crippen molar-refractivity contribution in [2.45, 2.75) is 72.1 Å². The van der Waals surface area contributed by atoms with Crippen molar-refractivity contribution in [2.75, 3.05) is 13.1 Å². The van der Waals surface area contributed by atoms with Crippen molar-refractivity contribution in [3.05, 3.63) is 23.5 Å². The third kappa shape index (κ3) is 4.71. The molecule has 0 bridgehead atoms. The molecular formula is C21H31N5O4. The van der Waals surface area contributed by atoms with Gasteiger partial charge in [0.1, 0.15) is 11.4 Å². The van der Waals surface area contributed by atoms with Gasteiger partial charge in [-0.3, -0.25) is 14.4 Å². The number of hydrogen-bond acceptors (Lipinski definition) is 6. The van der Waals surface area contributed by atoms with E-state index in [1.807, 2.05) is 25.3 Å². The molecule has 9 nitrogen and oxygen atoms in total. The summed E-state index contributed by atoms with van der Waals surface area (Å²) in [5.41, 5.74) is -0.686. The van der Waals surface area contributed by atoms with Crippen LogP contribution >= 0.6 is 0 Å². The number of fused-ring (bicyclic) bond motifs is 1. The van der Waals surface area contributed by atoms with Crippen LogP contribution in [0.15, 0.2) is 11.8 Å². The van der Waals surface area contributed by atoms with E-state index in [0.29, 0.717) is 38.3 Å². The maximum Gasteiger partial charge on any atom is 0.289 e. The van der Waals surface area contributed by atoms with Crippen molar-refractivity contribution in [3.63, 3.8) is 0 Å². The van der Waals surface area contributed by atoms with Gasteiger partial charge >= 0.3 is 0 Å². The van der Waals surface area contributed by atoms with Gasteiger partial charge < -0.3 is 19.5 Å². The van der Waals surface area contributed by atoms with Gasteiger partial charge in [-0.05, 0) is 19.8 Å². The zero-order valence-electron chi connectivity index (χ0n) is 18.4. The fourth-order valence-electron chi connectivity index (χ4n) is 3.82. The van der Waals surface area contributed by atoms with Gasteiger partial charge in [-0.25, -0.2) is 0 Å². The second-order valence-electron chi connectivity index (χ2n) is 8.82. The van der Waals surface area contributed by atoms with E-state index in [1.54, 1.807) is 18.7 Å². The first kappa shape index (κ1) is 22.0. The molecule has 30 heavy (non-hydrogen) atoms. The van der Waals surface area contributed by atoms with Gasteiger partial charge in [0.2, 0.25) is 5.91 Å². The quantitative estimate of drug-likeness (QED) is 0.779. The molecule has 3 rings (SSSR count). The molecule has 0 aliphatic carbocycles. The van der Waals surface area contributed by atoms with Crippen molar-refractivity contribution in [1.82, 2.24) is 25.0 Å². The van der Waals surface area contributed by atoms with E-state index in [1.165, 1.54) is 6.08 Å². The van der Waals surface area contributed by atoms with Gasteiger partial charge in [0.15, 0.2) is 17.4 Å². The van der Waals surface area contributed by atoms with E-state index in [9.17, 15) is 14.4 Å². The number of allylic oxidation sites excluding steroid dienone is 1. The van der Waals surface area contributed by atoms with Crippen LogP contribution in [0.25, 0.3) is 0 Å². The largest absolute Gasteiger partial charge is 0.481 e. The molecule has 0 saturated carbocycles. The summed E-state index contributed by atoms with van der Waals surface area (Å²) in [6, 6.07) is -0.247. The summed E-state index contributed by atoms with van der Waals surface area (Å²) in [5, 5.41) is 11.7. The van der Waals surface area contributed by atoms with E-state index >= 15 is 0 Å². The average molecular weight is 418 g/mol. The molecule has 0 saturated heterocycles. The summed E-state index contributed by atoms with van der Waals surface area (Å²) in [6.45, 7) is 10.9. The zero-order chi connectivity index (χ0) is 22.1. The van der Waals surface area contributed by atoms with Gasteiger partial charge in [-0.2, -0.15) is 0 Å². The number of ether oxygens (including phenoxy) is 1. The van der Waals surface area contributed by atoms with Gasteiger partial charge in [0, 0.05) is 45.0 Å². The van der Waals surface area contributed by atoms with E-state index in [0.717, 1.165) is 5.82 Å². The molecule has 1 unspecified atom stereocenters. The van der Waals surface area contributed by atoms with E-state index in [-0.39, 0.29) is 41.7 Å². The standard InChI is InChI=1S/C21H31N5O4/c1-6-17(28)22-18(13(2)3)19-24-23-16-7-8-25(9-10-26(16)19)20(29)15-11-14(27)12-21(4,5)30-15/h11,13,18H,6-10,12H2,1-5H3,(H,22,28). The SMILES string of the molecule is CCC(=O)NC(c1nnc2n1CCN(C(=O)C1=CC(=O)CC(C)(C)O1)CC2)C(C)C. The minimum Gasteiger partial charge on any atom is -0.481 e. The third-order valence-corrected chi connectivity index (χ3v) is 5.41. The lowest BCUT2D eigenvalue weighted by Crippen LogP contribution is -2.40. The summed E-state index contributed by atoms with van der Waals surface area (Å²) >= 11 is 0. The van der Waals surface area contributed by atoms with Crippen LogP contribution in [0.1, 0.15) is 65.2 Å². The number of carbonyl (C=O) groups is 3. The van der Waals surface area contributed by atoms with Crippen LogP contribution in [-0.2, 0) is 32.1 Å². The Morgan fingerprint density at radius 2 is 1.97 bits per heavy atom. The molecule has 0 aromatic carbocycles. The molecule has 0 fully saturated rings. The molecule has 164 valence electrons. The predicted molar refractivity (Wildman–Crippen MR) is 109 cm³/mol. The average Bonchev–Trinajstić information content (AvgIpc) is 2.93. The molecule has 2 aliphatic heterocycles. The molecule has 2 amide bonds. The Kier molecular flexibility index (Phi) is 6.28. The molecule has 1 aromatic rings. The Balaban J connectivity index is 1.77. The van der Waals surface area contributed by atoms with Crippen LogP contribution in [0.2, 0.25) is 0 Å². The number of hydrogen-bond donors (Lipinski definition) is 1. The first-order valence-electron chi connectivity index (χ1n) is 10.6. The van der Waals surface area contributed by atoms with Crippen molar-refractivity contribution in [2.24, 2.45) is 5.92 Å². The molecule has 2 aliphatic rings. The summed E-state index contributed by atoms with van der Waals surface area (Å²) < 4.78 is 7.77. The maximum absolute atomic E-state index is 13.0. The van der Waals surface area contributed by atoms with Crippen LogP contribution in [0.4, 0.5) is 0 Å². The number of nitrogens with zero attached hydrogens (tertiary/aromatic N) is 4. The number of rotatable bonds is 5. The van der Waals surface area contributed by atoms with Crippen LogP contribution in [-0.4, -0.2) is 56.0 Å². The molecule has 0 spiro atoms. The fraction of sp³-hybridized carbons (Fsp3) is 0.667. The van der Waals surface area contributed by atoms with E-state index < -0.39 is 5.60 Å². The number of aromatic nitrogens is 3. The van der Waals surface area contributed by atoms with Gasteiger partial charge in [0.25, 0.3) is 5.91 Å². The third-order valence-electron chi connectivity index (χ3n) is 5.41. The fourth-order valence-corrected chi connectivity index (χ4v) is 3.82. The first-order chi connectivity index (χ1) is 14.1. The summed E-state index contributed by atoms with van der Waals surface area (Å²) in [6.07, 6.45) is 2.50. The second-order valence-corrected chi connectivity index (χ2v) is 8.82. The van der Waals surface area contributed by atoms with Gasteiger partial charge in [-0.15, -0.1) is 10.2 Å². The van der Waals surface area contributed by atoms with Crippen LogP contribution in [0.3, 0.4) is 0 Å². The van der Waals surface area contributed by atoms with E-state index in [2.05, 4.69) is 15.5 Å². The van der Waals surface area contributed by atoms with Crippen molar-refractivity contribution < 1.29 is 19.1 Å². The van der Waals surface area contributed by atoms with Gasteiger partial charge in [0.05, 0.1) is 6.04 Å². The Morgan fingerprint density at radius 1 is 1.23 bits per heavy atom. The smallest absolute Gasteiger partial charge is 0.289 e. The minimum absolute atomic E-state index is 0.0369. The number of amides is 2. The first-order valence-corrected chi connectivity index (χ1v) is 10.6. The van der Waals surface area contributed by atoms with Crippen LogP contribution < -0.4 is 5.32 Å². The van der Waals surface area contributed by atoms with Crippen molar-refractivity contribution in [1.29, 1.82) is 0 Å². The highest BCUT2D eigenvalue weighted by atomic mass is 16.5. The Bertz CT molecular complexity index is 871. The summed E-state index contributed by atoms with van der Waals surface area (Å²) in [4.78, 5) is 38.7. The molecule has 1 atom stereocenters. The lowest BCUT2D eigenvalue weighted by molar-refractivity contribution is -0.138. The second kappa shape index (κ2) is 8.57. The predicted octanol–water partition coefficient (Wildman–Crippen LogP) is 1.54.